The number of ether oxygens (including phenoxy) is 4. The van der Waals surface area contributed by atoms with Gasteiger partial charge in [-0.15, -0.1) is 0 Å². The number of carbonyl (C=O) groups excluding carboxylic acids is 2. The van der Waals surface area contributed by atoms with Crippen molar-refractivity contribution in [3.05, 3.63) is 70.2 Å². The van der Waals surface area contributed by atoms with Gasteiger partial charge in [0.1, 0.15) is 12.3 Å². The number of morpholine rings is 1. The van der Waals surface area contributed by atoms with E-state index in [0.29, 0.717) is 47.7 Å². The van der Waals surface area contributed by atoms with Gasteiger partial charge in [-0.25, -0.2) is 0 Å². The van der Waals surface area contributed by atoms with Crippen molar-refractivity contribution in [3.63, 3.8) is 0 Å². The summed E-state index contributed by atoms with van der Waals surface area (Å²) in [7, 11) is 4.99. The summed E-state index contributed by atoms with van der Waals surface area (Å²) < 4.78 is 21.9. The van der Waals surface area contributed by atoms with Crippen molar-refractivity contribution < 1.29 is 28.5 Å². The van der Waals surface area contributed by atoms with E-state index in [2.05, 4.69) is 4.90 Å². The first kappa shape index (κ1) is 30.0. The number of hydrogen-bond donors (Lipinski definition) is 0. The minimum atomic E-state index is -0.327. The SMILES string of the molecule is COc1ccc(-c2ccc(C(CN3CCOCC3)N(C)C(=O)CN3C(=O)COc4cc(Cl)c(Cl)cc43)cc2)cc1OC. The minimum Gasteiger partial charge on any atom is -0.493 e. The third kappa shape index (κ3) is 6.44. The predicted octanol–water partition coefficient (Wildman–Crippen LogP) is 4.93. The molecule has 9 nitrogen and oxygen atoms in total. The number of anilines is 1. The molecule has 5 rings (SSSR count). The van der Waals surface area contributed by atoms with Crippen molar-refractivity contribution in [1.29, 1.82) is 0 Å². The van der Waals surface area contributed by atoms with E-state index >= 15 is 0 Å². The van der Waals surface area contributed by atoms with Crippen LogP contribution in [0, 0.1) is 0 Å². The number of hydrogen-bond acceptors (Lipinski definition) is 7. The monoisotopic (exact) mass is 613 g/mol. The fourth-order valence-corrected chi connectivity index (χ4v) is 5.50. The Labute approximate surface area is 255 Å². The number of amides is 2. The molecule has 42 heavy (non-hydrogen) atoms. The lowest BCUT2D eigenvalue weighted by molar-refractivity contribution is -0.133. The molecule has 222 valence electrons. The molecule has 0 aliphatic carbocycles. The average Bonchev–Trinajstić information content (AvgIpc) is 3.02. The maximum Gasteiger partial charge on any atom is 0.265 e. The molecule has 2 heterocycles. The van der Waals surface area contributed by atoms with Crippen LogP contribution in [-0.2, 0) is 14.3 Å². The van der Waals surface area contributed by atoms with Crippen molar-refractivity contribution in [1.82, 2.24) is 9.80 Å². The lowest BCUT2D eigenvalue weighted by Crippen LogP contribution is -2.48. The highest BCUT2D eigenvalue weighted by molar-refractivity contribution is 6.42. The molecule has 0 bridgehead atoms. The molecule has 1 saturated heterocycles. The number of nitrogens with zero attached hydrogens (tertiary/aromatic N) is 3. The first-order valence-corrected chi connectivity index (χ1v) is 14.3. The van der Waals surface area contributed by atoms with Crippen LogP contribution in [0.1, 0.15) is 11.6 Å². The molecule has 2 aliphatic heterocycles. The van der Waals surface area contributed by atoms with Crippen LogP contribution < -0.4 is 19.1 Å². The molecule has 0 aromatic heterocycles. The van der Waals surface area contributed by atoms with Crippen molar-refractivity contribution in [3.8, 4) is 28.4 Å². The Bertz CT molecular complexity index is 1450. The summed E-state index contributed by atoms with van der Waals surface area (Å²) >= 11 is 12.4. The molecule has 11 heteroatoms. The molecule has 3 aromatic carbocycles. The summed E-state index contributed by atoms with van der Waals surface area (Å²) in [6.45, 7) is 3.11. The minimum absolute atomic E-state index is 0.160. The summed E-state index contributed by atoms with van der Waals surface area (Å²) in [5.41, 5.74) is 3.39. The van der Waals surface area contributed by atoms with Crippen molar-refractivity contribution >= 4 is 40.7 Å². The maximum absolute atomic E-state index is 13.8. The van der Waals surface area contributed by atoms with Gasteiger partial charge in [0.2, 0.25) is 5.91 Å². The van der Waals surface area contributed by atoms with Gasteiger partial charge >= 0.3 is 0 Å². The van der Waals surface area contributed by atoms with Crippen molar-refractivity contribution in [2.75, 3.05) is 72.2 Å². The van der Waals surface area contributed by atoms with E-state index in [9.17, 15) is 9.59 Å². The average molecular weight is 615 g/mol. The summed E-state index contributed by atoms with van der Waals surface area (Å²) in [4.78, 5) is 32.0. The molecule has 2 aliphatic rings. The Hall–Kier alpha value is -3.50. The molecule has 0 spiro atoms. The van der Waals surface area contributed by atoms with Gasteiger partial charge in [-0.3, -0.25) is 19.4 Å². The number of carbonyl (C=O) groups is 2. The van der Waals surface area contributed by atoms with Crippen LogP contribution in [0.4, 0.5) is 5.69 Å². The van der Waals surface area contributed by atoms with Crippen LogP contribution in [0.25, 0.3) is 11.1 Å². The standard InChI is InChI=1S/C31H33Cl2N3O6/c1-34(30(37)18-36-25-15-23(32)24(33)16-28(25)42-19-31(36)38)26(17-35-10-12-41-13-11-35)21-6-4-20(5-7-21)22-8-9-27(39-2)29(14-22)40-3/h4-9,14-16,26H,10-13,17-19H2,1-3H3. The highest BCUT2D eigenvalue weighted by atomic mass is 35.5. The van der Waals surface area contributed by atoms with Gasteiger partial charge in [0.25, 0.3) is 5.91 Å². The molecular formula is C31H33Cl2N3O6. The first-order chi connectivity index (χ1) is 20.3. The Morgan fingerprint density at radius 1 is 0.952 bits per heavy atom. The van der Waals surface area contributed by atoms with Crippen molar-refractivity contribution in [2.45, 2.75) is 6.04 Å². The van der Waals surface area contributed by atoms with Crippen LogP contribution in [0.5, 0.6) is 17.2 Å². The fourth-order valence-electron chi connectivity index (χ4n) is 5.18. The second-order valence-corrected chi connectivity index (χ2v) is 10.9. The smallest absolute Gasteiger partial charge is 0.265 e. The number of methoxy groups -OCH3 is 2. The Balaban J connectivity index is 1.40. The van der Waals surface area contributed by atoms with Gasteiger partial charge in [0, 0.05) is 32.7 Å². The third-order valence-corrected chi connectivity index (χ3v) is 8.37. The molecule has 2 amide bonds. The number of benzene rings is 3. The van der Waals surface area contributed by atoms with Gasteiger partial charge in [0.05, 0.1) is 49.2 Å². The first-order valence-electron chi connectivity index (χ1n) is 13.6. The molecular weight excluding hydrogens is 581 g/mol. The van der Waals surface area contributed by atoms with Gasteiger partial charge in [0.15, 0.2) is 18.1 Å². The van der Waals surface area contributed by atoms with Gasteiger partial charge in [-0.2, -0.15) is 0 Å². The summed E-state index contributed by atoms with van der Waals surface area (Å²) in [6.07, 6.45) is 0. The van der Waals surface area contributed by atoms with Gasteiger partial charge < -0.3 is 23.8 Å². The number of fused-ring (bicyclic) bond motifs is 1. The van der Waals surface area contributed by atoms with Crippen LogP contribution in [-0.4, -0.2) is 88.9 Å². The number of rotatable bonds is 9. The zero-order valence-corrected chi connectivity index (χ0v) is 25.3. The van der Waals surface area contributed by atoms with Gasteiger partial charge in [-0.1, -0.05) is 53.5 Å². The highest BCUT2D eigenvalue weighted by Gasteiger charge is 2.32. The van der Waals surface area contributed by atoms with Crippen LogP contribution in [0.2, 0.25) is 10.0 Å². The largest absolute Gasteiger partial charge is 0.493 e. The molecule has 0 N–H and O–H groups in total. The van der Waals surface area contributed by atoms with E-state index in [-0.39, 0.29) is 36.0 Å². The second kappa shape index (κ2) is 13.2. The summed E-state index contributed by atoms with van der Waals surface area (Å²) in [5, 5.41) is 0.592. The van der Waals surface area contributed by atoms with Crippen LogP contribution >= 0.6 is 23.2 Å². The van der Waals surface area contributed by atoms with Crippen LogP contribution in [0.3, 0.4) is 0 Å². The van der Waals surface area contributed by atoms with E-state index in [0.717, 1.165) is 29.8 Å². The molecule has 3 aromatic rings. The fraction of sp³-hybridized carbons (Fsp3) is 0.355. The Morgan fingerprint density at radius 3 is 2.31 bits per heavy atom. The Morgan fingerprint density at radius 2 is 1.62 bits per heavy atom. The maximum atomic E-state index is 13.8. The Kier molecular flexibility index (Phi) is 9.43. The second-order valence-electron chi connectivity index (χ2n) is 10.1. The topological polar surface area (TPSA) is 80.8 Å². The van der Waals surface area contributed by atoms with Crippen LogP contribution in [0.15, 0.2) is 54.6 Å². The van der Waals surface area contributed by atoms with Crippen molar-refractivity contribution in [2.24, 2.45) is 0 Å². The molecule has 0 saturated carbocycles. The van der Waals surface area contributed by atoms with E-state index in [1.165, 1.54) is 4.90 Å². The quantitative estimate of drug-likeness (QED) is 0.338. The summed E-state index contributed by atoms with van der Waals surface area (Å²) in [6, 6.07) is 16.8. The van der Waals surface area contributed by atoms with Gasteiger partial charge in [-0.05, 0) is 34.9 Å². The number of halogens is 2. The predicted molar refractivity (Wildman–Crippen MR) is 162 cm³/mol. The lowest BCUT2D eigenvalue weighted by Gasteiger charge is -2.37. The molecule has 1 unspecified atom stereocenters. The van der Waals surface area contributed by atoms with E-state index < -0.39 is 0 Å². The van der Waals surface area contributed by atoms with E-state index in [1.807, 2.05) is 42.5 Å². The lowest BCUT2D eigenvalue weighted by atomic mass is 9.99. The molecule has 0 radical (unpaired) electrons. The van der Waals surface area contributed by atoms with E-state index in [1.54, 1.807) is 38.3 Å². The third-order valence-electron chi connectivity index (χ3n) is 7.65. The molecule has 1 atom stereocenters. The zero-order chi connectivity index (χ0) is 29.8. The molecule has 1 fully saturated rings. The number of likely N-dealkylation sites (N-methyl/N-ethyl adjacent to an activating group) is 1. The zero-order valence-electron chi connectivity index (χ0n) is 23.8. The summed E-state index contributed by atoms with van der Waals surface area (Å²) in [5.74, 6) is 1.18. The normalized spacial score (nSPS) is 15.9. The highest BCUT2D eigenvalue weighted by Crippen LogP contribution is 2.39. The van der Waals surface area contributed by atoms with E-state index in [4.69, 9.17) is 42.1 Å².